The summed E-state index contributed by atoms with van der Waals surface area (Å²) >= 11 is 0. The summed E-state index contributed by atoms with van der Waals surface area (Å²) in [4.78, 5) is 5.13. The van der Waals surface area contributed by atoms with Crippen molar-refractivity contribution in [3.05, 3.63) is 333 Å². The van der Waals surface area contributed by atoms with E-state index in [0.717, 1.165) is 18.5 Å². The molecular formula is C88H72N2. The van der Waals surface area contributed by atoms with E-state index in [-0.39, 0.29) is 16.9 Å². The molecule has 0 amide bonds. The number of benzene rings is 11. The number of allylic oxidation sites excluding steroid dienone is 3. The molecule has 0 aromatic heterocycles. The van der Waals surface area contributed by atoms with Crippen molar-refractivity contribution in [3.63, 3.8) is 0 Å². The predicted molar refractivity (Wildman–Crippen MR) is 380 cm³/mol. The molecule has 11 aromatic rings. The van der Waals surface area contributed by atoms with Gasteiger partial charge in [0.15, 0.2) is 0 Å². The van der Waals surface area contributed by atoms with Crippen LogP contribution in [0, 0.1) is 10.8 Å². The monoisotopic (exact) mass is 1160 g/mol. The Morgan fingerprint density at radius 2 is 0.889 bits per heavy atom. The summed E-state index contributed by atoms with van der Waals surface area (Å²) in [6.45, 7) is 16.2. The highest BCUT2D eigenvalue weighted by Gasteiger charge is 2.54. The molecule has 6 aliphatic rings. The Bertz CT molecular complexity index is 4870. The third-order valence-corrected chi connectivity index (χ3v) is 20.2. The third-order valence-electron chi connectivity index (χ3n) is 20.2. The molecule has 0 bridgehead atoms. The van der Waals surface area contributed by atoms with E-state index < -0.39 is 10.8 Å². The molecule has 5 aliphatic carbocycles. The Hall–Kier alpha value is -10.0. The van der Waals surface area contributed by atoms with Crippen LogP contribution >= 0.6 is 0 Å². The van der Waals surface area contributed by atoms with Crippen LogP contribution in [0.1, 0.15) is 122 Å². The van der Waals surface area contributed by atoms with Crippen LogP contribution in [-0.4, -0.2) is 6.04 Å². The highest BCUT2D eigenvalue weighted by Crippen LogP contribution is 2.66. The predicted octanol–water partition coefficient (Wildman–Crippen LogP) is 23.1. The molecule has 2 heteroatoms. The fraction of sp³-hybridized carbons (Fsp3) is 0.159. The molecule has 434 valence electrons. The number of hydrogen-bond acceptors (Lipinski definition) is 2. The van der Waals surface area contributed by atoms with E-state index in [4.69, 9.17) is 0 Å². The standard InChI is InChI=1S/C88H72N2/c1-8-21-58-22-9-19-32-82(58)89(63-41-35-56(48-63)54-85(2,3)4)64-42-46-72-70-44-39-61(50-78(70)87(80(72)52-64)74-28-15-11-24-66(74)67-25-12-16-29-75(67)87)62-40-45-71-73-47-43-65(53-81(73)88(79(71)51-62)76-30-17-13-26-68(76)69-27-14-18-31-77(69)88)90-83-33-20-10-23-59(83)37-38-60-36-34-57(49-84(60)90)55-86(5,6)7/h8-53,63H,54-55H2,1-7H3/b21-8-. The quantitative estimate of drug-likeness (QED) is 0.150. The molecule has 1 atom stereocenters. The minimum Gasteiger partial charge on any atom is -0.330 e. The maximum atomic E-state index is 2.59. The van der Waals surface area contributed by atoms with Crippen LogP contribution in [0.25, 0.3) is 73.9 Å². The highest BCUT2D eigenvalue weighted by atomic mass is 15.2. The van der Waals surface area contributed by atoms with Gasteiger partial charge in [-0.2, -0.15) is 0 Å². The Morgan fingerprint density at radius 1 is 0.411 bits per heavy atom. The molecule has 0 fully saturated rings. The second-order valence-electron chi connectivity index (χ2n) is 28.3. The van der Waals surface area contributed by atoms with Gasteiger partial charge in [0.1, 0.15) is 0 Å². The van der Waals surface area contributed by atoms with E-state index >= 15 is 0 Å². The van der Waals surface area contributed by atoms with E-state index in [1.165, 1.54) is 151 Å². The second-order valence-corrected chi connectivity index (χ2v) is 28.3. The van der Waals surface area contributed by atoms with Gasteiger partial charge in [0.05, 0.1) is 28.2 Å². The van der Waals surface area contributed by atoms with E-state index in [1.807, 2.05) is 0 Å². The van der Waals surface area contributed by atoms with Crippen LogP contribution in [-0.2, 0) is 17.3 Å². The second kappa shape index (κ2) is 20.0. The van der Waals surface area contributed by atoms with Gasteiger partial charge in [-0.1, -0.05) is 266 Å². The topological polar surface area (TPSA) is 6.48 Å². The fourth-order valence-corrected chi connectivity index (χ4v) is 16.9. The number of hydrogen-bond donors (Lipinski definition) is 0. The molecular weight excluding hydrogens is 1080 g/mol. The van der Waals surface area contributed by atoms with Crippen molar-refractivity contribution in [2.45, 2.75) is 78.2 Å². The van der Waals surface area contributed by atoms with E-state index in [9.17, 15) is 0 Å². The van der Waals surface area contributed by atoms with Gasteiger partial charge in [-0.05, 0) is 213 Å². The molecule has 2 nitrogen and oxygen atoms in total. The lowest BCUT2D eigenvalue weighted by Crippen LogP contribution is -2.29. The summed E-state index contributed by atoms with van der Waals surface area (Å²) in [5.41, 5.74) is 34.8. The summed E-state index contributed by atoms with van der Waals surface area (Å²) in [5.74, 6) is 0. The summed E-state index contributed by atoms with van der Waals surface area (Å²) in [6.07, 6.45) is 18.3. The lowest BCUT2D eigenvalue weighted by Gasteiger charge is -2.34. The zero-order valence-corrected chi connectivity index (χ0v) is 52.4. The zero-order chi connectivity index (χ0) is 60.8. The first kappa shape index (κ1) is 54.2. The summed E-state index contributed by atoms with van der Waals surface area (Å²) in [5, 5.41) is 0. The molecule has 1 unspecified atom stereocenters. The number of para-hydroxylation sites is 2. The maximum Gasteiger partial charge on any atom is 0.0726 e. The Kier molecular flexibility index (Phi) is 12.0. The number of rotatable bonds is 8. The SMILES string of the molecule is C/C=C\c1ccccc1N(c1ccc2c(c1)C1(c3ccccc3-c3ccccc31)c1cc(-c3ccc4c(c3)C3(c5ccccc5-c5ccccc53)c3cc(N5c6ccccc6C=Cc6ccc(CC(C)(C)C)cc65)ccc3-4)ccc1-2)C1C=CC(CC(C)(C)C)=C1. The van der Waals surface area contributed by atoms with Crippen molar-refractivity contribution in [2.75, 3.05) is 9.80 Å². The lowest BCUT2D eigenvalue weighted by molar-refractivity contribution is 0.411. The Morgan fingerprint density at radius 3 is 1.47 bits per heavy atom. The van der Waals surface area contributed by atoms with Gasteiger partial charge in [-0.25, -0.2) is 0 Å². The normalized spacial score (nSPS) is 16.0. The number of fused-ring (bicyclic) bond motifs is 22. The number of anilines is 5. The molecule has 0 radical (unpaired) electrons. The first-order chi connectivity index (χ1) is 43.8. The first-order valence-corrected chi connectivity index (χ1v) is 32.4. The van der Waals surface area contributed by atoms with Crippen molar-refractivity contribution in [3.8, 4) is 55.6 Å². The summed E-state index contributed by atoms with van der Waals surface area (Å²) in [7, 11) is 0. The molecule has 11 aromatic carbocycles. The van der Waals surface area contributed by atoms with Gasteiger partial charge in [-0.15, -0.1) is 0 Å². The lowest BCUT2D eigenvalue weighted by atomic mass is 9.69. The fourth-order valence-electron chi connectivity index (χ4n) is 16.9. The van der Waals surface area contributed by atoms with Crippen LogP contribution in [0.5, 0.6) is 0 Å². The zero-order valence-electron chi connectivity index (χ0n) is 52.4. The van der Waals surface area contributed by atoms with Crippen molar-refractivity contribution in [1.82, 2.24) is 0 Å². The van der Waals surface area contributed by atoms with Crippen LogP contribution in [0.3, 0.4) is 0 Å². The molecule has 90 heavy (non-hydrogen) atoms. The largest absolute Gasteiger partial charge is 0.330 e. The maximum absolute atomic E-state index is 2.59. The van der Waals surface area contributed by atoms with Gasteiger partial charge >= 0.3 is 0 Å². The Labute approximate surface area is 531 Å². The molecule has 1 aliphatic heterocycles. The van der Waals surface area contributed by atoms with Gasteiger partial charge in [0.2, 0.25) is 0 Å². The Balaban J connectivity index is 0.860. The van der Waals surface area contributed by atoms with Crippen molar-refractivity contribution in [1.29, 1.82) is 0 Å². The van der Waals surface area contributed by atoms with Gasteiger partial charge < -0.3 is 9.80 Å². The summed E-state index contributed by atoms with van der Waals surface area (Å²) in [6, 6.07) is 91.6. The van der Waals surface area contributed by atoms with Crippen LogP contribution < -0.4 is 9.80 Å². The molecule has 0 saturated heterocycles. The average molecular weight is 1160 g/mol. The van der Waals surface area contributed by atoms with Gasteiger partial charge in [-0.3, -0.25) is 0 Å². The van der Waals surface area contributed by atoms with E-state index in [2.05, 4.69) is 337 Å². The summed E-state index contributed by atoms with van der Waals surface area (Å²) < 4.78 is 0. The van der Waals surface area contributed by atoms with Crippen LogP contribution in [0.2, 0.25) is 0 Å². The minimum atomic E-state index is -0.590. The van der Waals surface area contributed by atoms with E-state index in [0.29, 0.717) is 0 Å². The smallest absolute Gasteiger partial charge is 0.0726 e. The van der Waals surface area contributed by atoms with Crippen molar-refractivity contribution < 1.29 is 0 Å². The first-order valence-electron chi connectivity index (χ1n) is 32.4. The molecule has 0 saturated carbocycles. The molecule has 0 N–H and O–H groups in total. The van der Waals surface area contributed by atoms with Gasteiger partial charge in [0, 0.05) is 17.1 Å². The van der Waals surface area contributed by atoms with E-state index in [1.54, 1.807) is 0 Å². The van der Waals surface area contributed by atoms with Crippen LogP contribution in [0.15, 0.2) is 266 Å². The van der Waals surface area contributed by atoms with Crippen molar-refractivity contribution in [2.24, 2.45) is 10.8 Å². The van der Waals surface area contributed by atoms with Crippen molar-refractivity contribution >= 4 is 46.7 Å². The molecule has 1 heterocycles. The average Bonchev–Trinajstić information content (AvgIpc) is 1.53. The van der Waals surface area contributed by atoms with Crippen LogP contribution in [0.4, 0.5) is 28.4 Å². The molecule has 2 spiro atoms. The number of nitrogens with zero attached hydrogens (tertiary/aromatic N) is 2. The highest BCUT2D eigenvalue weighted by molar-refractivity contribution is 6.01. The van der Waals surface area contributed by atoms with Gasteiger partial charge in [0.25, 0.3) is 0 Å². The third kappa shape index (κ3) is 8.02. The minimum absolute atomic E-state index is 0.0348. The molecule has 17 rings (SSSR count).